The predicted molar refractivity (Wildman–Crippen MR) is 72.3 cm³/mol. The Bertz CT molecular complexity index is 511. The Morgan fingerprint density at radius 2 is 2.05 bits per heavy atom. The van der Waals surface area contributed by atoms with Crippen molar-refractivity contribution < 1.29 is 18.3 Å². The van der Waals surface area contributed by atoms with Crippen LogP contribution in [0.4, 0.5) is 0 Å². The summed E-state index contributed by atoms with van der Waals surface area (Å²) < 4.78 is 26.1. The van der Waals surface area contributed by atoms with E-state index in [0.717, 1.165) is 25.7 Å². The third-order valence-corrected chi connectivity index (χ3v) is 6.30. The van der Waals surface area contributed by atoms with E-state index in [9.17, 15) is 18.3 Å². The number of nitriles is 1. The minimum absolute atomic E-state index is 0.131. The van der Waals surface area contributed by atoms with Crippen molar-refractivity contribution in [1.29, 1.82) is 5.26 Å². The van der Waals surface area contributed by atoms with Gasteiger partial charge < -0.3 is 5.11 Å². The lowest BCUT2D eigenvalue weighted by Gasteiger charge is -2.32. The Labute approximate surface area is 119 Å². The van der Waals surface area contributed by atoms with Gasteiger partial charge in [-0.1, -0.05) is 12.8 Å². The summed E-state index contributed by atoms with van der Waals surface area (Å²) in [5, 5.41) is 17.8. The van der Waals surface area contributed by atoms with Crippen molar-refractivity contribution in [3.05, 3.63) is 0 Å². The van der Waals surface area contributed by atoms with Gasteiger partial charge in [0, 0.05) is 12.5 Å². The maximum absolute atomic E-state index is 12.4. The standard InChI is InChI=1S/C13H20N2O4S/c14-7-3-4-8-20(18,19)15-11-6-2-1-5-10(11)9-12(15)13(16)17/h10-12H,1-6,8-9H2,(H,16,17). The Kier molecular flexibility index (Phi) is 4.66. The predicted octanol–water partition coefficient (Wildman–Crippen LogP) is 1.34. The fourth-order valence-electron chi connectivity index (χ4n) is 3.47. The van der Waals surface area contributed by atoms with Crippen molar-refractivity contribution in [2.75, 3.05) is 5.75 Å². The van der Waals surface area contributed by atoms with Crippen molar-refractivity contribution in [2.45, 2.75) is 57.0 Å². The van der Waals surface area contributed by atoms with Gasteiger partial charge >= 0.3 is 5.97 Å². The fourth-order valence-corrected chi connectivity index (χ4v) is 5.44. The Morgan fingerprint density at radius 1 is 1.35 bits per heavy atom. The summed E-state index contributed by atoms with van der Waals surface area (Å²) in [5.41, 5.74) is 0. The highest BCUT2D eigenvalue weighted by Crippen LogP contribution is 2.41. The third-order valence-electron chi connectivity index (χ3n) is 4.33. The number of carboxylic acids is 1. The molecule has 1 aliphatic carbocycles. The molecule has 3 atom stereocenters. The molecule has 2 fully saturated rings. The fraction of sp³-hybridized carbons (Fsp3) is 0.846. The second-order valence-electron chi connectivity index (χ2n) is 5.61. The van der Waals surface area contributed by atoms with E-state index >= 15 is 0 Å². The van der Waals surface area contributed by atoms with Gasteiger partial charge in [0.05, 0.1) is 11.8 Å². The van der Waals surface area contributed by atoms with E-state index in [4.69, 9.17) is 5.26 Å². The van der Waals surface area contributed by atoms with Crippen LogP contribution in [0.2, 0.25) is 0 Å². The summed E-state index contributed by atoms with van der Waals surface area (Å²) in [5.74, 6) is -1.01. The first-order valence-corrected chi connectivity index (χ1v) is 8.69. The Hall–Kier alpha value is -1.13. The molecule has 6 nitrogen and oxygen atoms in total. The minimum atomic E-state index is -3.60. The van der Waals surface area contributed by atoms with E-state index in [1.54, 1.807) is 0 Å². The highest BCUT2D eigenvalue weighted by Gasteiger charge is 2.50. The summed E-state index contributed by atoms with van der Waals surface area (Å²) in [7, 11) is -3.60. The Balaban J connectivity index is 2.20. The van der Waals surface area contributed by atoms with E-state index in [1.807, 2.05) is 6.07 Å². The molecule has 1 N–H and O–H groups in total. The van der Waals surface area contributed by atoms with Crippen molar-refractivity contribution in [3.63, 3.8) is 0 Å². The third kappa shape index (κ3) is 2.96. The van der Waals surface area contributed by atoms with Crippen LogP contribution in [0.3, 0.4) is 0 Å². The lowest BCUT2D eigenvalue weighted by atomic mass is 9.85. The molecule has 2 aliphatic rings. The maximum atomic E-state index is 12.4. The summed E-state index contributed by atoms with van der Waals surface area (Å²) in [4.78, 5) is 11.4. The molecule has 1 saturated heterocycles. The molecule has 0 aromatic carbocycles. The first-order valence-electron chi connectivity index (χ1n) is 7.08. The molecule has 20 heavy (non-hydrogen) atoms. The van der Waals surface area contributed by atoms with Gasteiger partial charge in [-0.2, -0.15) is 9.57 Å². The van der Waals surface area contributed by atoms with Crippen molar-refractivity contribution >= 4 is 16.0 Å². The van der Waals surface area contributed by atoms with Crippen LogP contribution < -0.4 is 0 Å². The van der Waals surface area contributed by atoms with Crippen LogP contribution >= 0.6 is 0 Å². The van der Waals surface area contributed by atoms with Crippen molar-refractivity contribution in [1.82, 2.24) is 4.31 Å². The van der Waals surface area contributed by atoms with Gasteiger partial charge in [0.25, 0.3) is 0 Å². The van der Waals surface area contributed by atoms with Gasteiger partial charge in [0.2, 0.25) is 10.0 Å². The molecule has 0 radical (unpaired) electrons. The van der Waals surface area contributed by atoms with Crippen LogP contribution in [-0.2, 0) is 14.8 Å². The number of carboxylic acid groups (broad SMARTS) is 1. The molecule has 0 aromatic heterocycles. The molecule has 7 heteroatoms. The molecule has 0 aromatic rings. The molecule has 2 rings (SSSR count). The summed E-state index contributed by atoms with van der Waals surface area (Å²) in [6.45, 7) is 0. The topological polar surface area (TPSA) is 98.5 Å². The highest BCUT2D eigenvalue weighted by molar-refractivity contribution is 7.89. The number of nitrogens with zero attached hydrogens (tertiary/aromatic N) is 2. The highest BCUT2D eigenvalue weighted by atomic mass is 32.2. The van der Waals surface area contributed by atoms with E-state index in [2.05, 4.69) is 0 Å². The van der Waals surface area contributed by atoms with Gasteiger partial charge in [0.15, 0.2) is 0 Å². The van der Waals surface area contributed by atoms with Crippen molar-refractivity contribution in [2.24, 2.45) is 5.92 Å². The van der Waals surface area contributed by atoms with Gasteiger partial charge in [-0.3, -0.25) is 4.79 Å². The minimum Gasteiger partial charge on any atom is -0.480 e. The number of aliphatic carboxylic acids is 1. The summed E-state index contributed by atoms with van der Waals surface area (Å²) in [6.07, 6.45) is 4.55. The van der Waals surface area contributed by atoms with Gasteiger partial charge in [0.1, 0.15) is 6.04 Å². The summed E-state index contributed by atoms with van der Waals surface area (Å²) >= 11 is 0. The lowest BCUT2D eigenvalue weighted by molar-refractivity contribution is -0.141. The van der Waals surface area contributed by atoms with Crippen LogP contribution in [0.15, 0.2) is 0 Å². The zero-order chi connectivity index (χ0) is 14.8. The number of sulfonamides is 1. The SMILES string of the molecule is N#CCCCS(=O)(=O)N1C(C(=O)O)CC2CCCCC21. The number of hydrogen-bond donors (Lipinski definition) is 1. The number of rotatable bonds is 5. The molecule has 1 aliphatic heterocycles. The maximum Gasteiger partial charge on any atom is 0.322 e. The molecule has 0 spiro atoms. The lowest BCUT2D eigenvalue weighted by Crippen LogP contribution is -2.47. The van der Waals surface area contributed by atoms with Gasteiger partial charge in [-0.15, -0.1) is 0 Å². The normalized spacial score (nSPS) is 30.6. The number of unbranched alkanes of at least 4 members (excludes halogenated alkanes) is 1. The van der Waals surface area contributed by atoms with E-state index < -0.39 is 22.0 Å². The molecule has 1 heterocycles. The van der Waals surface area contributed by atoms with Crippen LogP contribution in [0, 0.1) is 17.2 Å². The largest absolute Gasteiger partial charge is 0.480 e. The molecule has 0 amide bonds. The van der Waals surface area contributed by atoms with Crippen LogP contribution in [-0.4, -0.2) is 41.6 Å². The smallest absolute Gasteiger partial charge is 0.322 e. The molecule has 0 bridgehead atoms. The molecule has 1 saturated carbocycles. The van der Waals surface area contributed by atoms with Crippen LogP contribution in [0.5, 0.6) is 0 Å². The number of carbonyl (C=O) groups is 1. The molecular formula is C13H20N2O4S. The first-order chi connectivity index (χ1) is 9.47. The van der Waals surface area contributed by atoms with E-state index in [-0.39, 0.29) is 30.6 Å². The zero-order valence-electron chi connectivity index (χ0n) is 11.4. The zero-order valence-corrected chi connectivity index (χ0v) is 12.2. The number of hydrogen-bond acceptors (Lipinski definition) is 4. The molecule has 3 unspecified atom stereocenters. The average molecular weight is 300 g/mol. The van der Waals surface area contributed by atoms with E-state index in [0.29, 0.717) is 6.42 Å². The van der Waals surface area contributed by atoms with E-state index in [1.165, 1.54) is 4.31 Å². The monoisotopic (exact) mass is 300 g/mol. The molecular weight excluding hydrogens is 280 g/mol. The van der Waals surface area contributed by atoms with Crippen LogP contribution in [0.1, 0.15) is 44.9 Å². The average Bonchev–Trinajstić information content (AvgIpc) is 2.79. The van der Waals surface area contributed by atoms with Crippen LogP contribution in [0.25, 0.3) is 0 Å². The Morgan fingerprint density at radius 3 is 2.70 bits per heavy atom. The molecule has 112 valence electrons. The first kappa shape index (κ1) is 15.3. The quantitative estimate of drug-likeness (QED) is 0.772. The second-order valence-corrected chi connectivity index (χ2v) is 7.60. The second kappa shape index (κ2) is 6.10. The summed E-state index contributed by atoms with van der Waals surface area (Å²) in [6, 6.07) is 0.845. The number of fused-ring (bicyclic) bond motifs is 1. The van der Waals surface area contributed by atoms with Gasteiger partial charge in [-0.05, 0) is 31.6 Å². The van der Waals surface area contributed by atoms with Gasteiger partial charge in [-0.25, -0.2) is 8.42 Å². The van der Waals surface area contributed by atoms with Crippen molar-refractivity contribution in [3.8, 4) is 6.07 Å².